The fourth-order valence-electron chi connectivity index (χ4n) is 5.60. The van der Waals surface area contributed by atoms with Gasteiger partial charge in [-0.05, 0) is 70.7 Å². The average molecular weight is 493 g/mol. The molecule has 190 valence electrons. The molecule has 2 atom stereocenters. The fourth-order valence-corrected chi connectivity index (χ4v) is 5.60. The average Bonchev–Trinajstić information content (AvgIpc) is 3.38. The van der Waals surface area contributed by atoms with Crippen molar-refractivity contribution in [3.05, 3.63) is 41.2 Å². The molecule has 3 fully saturated rings. The molecule has 1 aliphatic carbocycles. The van der Waals surface area contributed by atoms with Gasteiger partial charge in [-0.3, -0.25) is 4.79 Å². The Morgan fingerprint density at radius 2 is 1.91 bits per heavy atom. The van der Waals surface area contributed by atoms with E-state index in [1.54, 1.807) is 22.6 Å². The van der Waals surface area contributed by atoms with Crippen molar-refractivity contribution in [3.8, 4) is 11.4 Å². The number of aliphatic hydroxyl groups excluding tert-OH is 1. The molecular weight excluding hydrogens is 461 g/mol. The lowest BCUT2D eigenvalue weighted by molar-refractivity contribution is -0.274. The summed E-state index contributed by atoms with van der Waals surface area (Å²) in [5, 5.41) is 14.7. The van der Waals surface area contributed by atoms with Gasteiger partial charge in [-0.2, -0.15) is 5.10 Å². The van der Waals surface area contributed by atoms with E-state index >= 15 is 0 Å². The van der Waals surface area contributed by atoms with E-state index in [2.05, 4.69) is 14.7 Å². The number of halogens is 3. The molecule has 3 heterocycles. The van der Waals surface area contributed by atoms with Crippen molar-refractivity contribution in [2.45, 2.75) is 69.8 Å². The van der Waals surface area contributed by atoms with E-state index in [0.29, 0.717) is 29.5 Å². The number of benzene rings is 1. The van der Waals surface area contributed by atoms with Crippen molar-refractivity contribution in [2.24, 2.45) is 0 Å². The largest absolute Gasteiger partial charge is 0.573 e. The molecule has 0 radical (unpaired) electrons. The van der Waals surface area contributed by atoms with Gasteiger partial charge < -0.3 is 19.6 Å². The van der Waals surface area contributed by atoms with E-state index < -0.39 is 6.36 Å². The Bertz CT molecular complexity index is 1080. The standard InChI is InChI=1S/C25H31F3N4O3/c1-16-22(24(34)31-12-9-18(13-20(31)15-33)30-10-2-3-11-30)23(17-7-8-17)32(29-16)19-5-4-6-21(14-19)35-25(26,27)28/h4-6,14,17-18,20,33H,2-3,7-13,15H2,1H3. The van der Waals surface area contributed by atoms with Crippen LogP contribution in [0.4, 0.5) is 13.2 Å². The van der Waals surface area contributed by atoms with Crippen LogP contribution in [0.25, 0.3) is 5.69 Å². The van der Waals surface area contributed by atoms with Gasteiger partial charge in [0, 0.05) is 24.6 Å². The van der Waals surface area contributed by atoms with Crippen molar-refractivity contribution in [3.63, 3.8) is 0 Å². The van der Waals surface area contributed by atoms with Gasteiger partial charge in [-0.15, -0.1) is 13.2 Å². The summed E-state index contributed by atoms with van der Waals surface area (Å²) in [5.74, 6) is -0.364. The summed E-state index contributed by atoms with van der Waals surface area (Å²) in [5.41, 5.74) is 2.20. The fraction of sp³-hybridized carbons (Fsp3) is 0.600. The summed E-state index contributed by atoms with van der Waals surface area (Å²) < 4.78 is 43.9. The Morgan fingerprint density at radius 3 is 2.57 bits per heavy atom. The van der Waals surface area contributed by atoms with Crippen LogP contribution < -0.4 is 4.74 Å². The maximum absolute atomic E-state index is 13.8. The van der Waals surface area contributed by atoms with Crippen LogP contribution in [0, 0.1) is 6.92 Å². The first-order chi connectivity index (χ1) is 16.7. The highest BCUT2D eigenvalue weighted by Crippen LogP contribution is 2.44. The topological polar surface area (TPSA) is 70.8 Å². The Hall–Kier alpha value is -2.59. The molecule has 10 heteroatoms. The number of likely N-dealkylation sites (tertiary alicyclic amines) is 2. The molecule has 3 aliphatic rings. The predicted molar refractivity (Wildman–Crippen MR) is 123 cm³/mol. The molecule has 2 aliphatic heterocycles. The molecule has 1 saturated carbocycles. The van der Waals surface area contributed by atoms with Gasteiger partial charge in [0.25, 0.3) is 5.91 Å². The summed E-state index contributed by atoms with van der Waals surface area (Å²) in [6, 6.07) is 5.79. The van der Waals surface area contributed by atoms with E-state index in [9.17, 15) is 23.1 Å². The van der Waals surface area contributed by atoms with E-state index in [0.717, 1.165) is 44.5 Å². The highest BCUT2D eigenvalue weighted by molar-refractivity contribution is 5.97. The van der Waals surface area contributed by atoms with Crippen LogP contribution in [0.3, 0.4) is 0 Å². The number of piperidine rings is 1. The van der Waals surface area contributed by atoms with Gasteiger partial charge in [-0.25, -0.2) is 4.68 Å². The third kappa shape index (κ3) is 5.04. The van der Waals surface area contributed by atoms with Crippen LogP contribution in [0.15, 0.2) is 24.3 Å². The molecule has 0 bridgehead atoms. The van der Waals surface area contributed by atoms with Crippen LogP contribution in [0.1, 0.15) is 66.2 Å². The first kappa shape index (κ1) is 24.1. The van der Waals surface area contributed by atoms with E-state index in [4.69, 9.17) is 0 Å². The zero-order chi connectivity index (χ0) is 24.7. The summed E-state index contributed by atoms with van der Waals surface area (Å²) in [7, 11) is 0. The van der Waals surface area contributed by atoms with Crippen molar-refractivity contribution < 1.29 is 27.8 Å². The van der Waals surface area contributed by atoms with Gasteiger partial charge in [0.1, 0.15) is 5.75 Å². The molecule has 1 aromatic carbocycles. The van der Waals surface area contributed by atoms with Crippen LogP contribution in [0.5, 0.6) is 5.75 Å². The molecule has 1 N–H and O–H groups in total. The minimum atomic E-state index is -4.79. The number of alkyl halides is 3. The third-order valence-corrected chi connectivity index (χ3v) is 7.39. The first-order valence-corrected chi connectivity index (χ1v) is 12.4. The van der Waals surface area contributed by atoms with Gasteiger partial charge in [0.05, 0.1) is 35.3 Å². The Balaban J connectivity index is 1.44. The minimum absolute atomic E-state index is 0.0984. The molecule has 7 nitrogen and oxygen atoms in total. The quantitative estimate of drug-likeness (QED) is 0.660. The number of hydrogen-bond donors (Lipinski definition) is 1. The van der Waals surface area contributed by atoms with Crippen LogP contribution >= 0.6 is 0 Å². The second kappa shape index (κ2) is 9.46. The number of hydrogen-bond acceptors (Lipinski definition) is 5. The predicted octanol–water partition coefficient (Wildman–Crippen LogP) is 4.02. The second-order valence-electron chi connectivity index (χ2n) is 9.83. The molecule has 2 saturated heterocycles. The molecule has 1 amide bonds. The molecule has 1 aromatic heterocycles. The maximum atomic E-state index is 13.8. The molecule has 35 heavy (non-hydrogen) atoms. The molecule has 0 spiro atoms. The minimum Gasteiger partial charge on any atom is -0.406 e. The third-order valence-electron chi connectivity index (χ3n) is 7.39. The molecule has 5 rings (SSSR count). The number of ether oxygens (including phenoxy) is 1. The van der Waals surface area contributed by atoms with Crippen molar-refractivity contribution in [1.82, 2.24) is 19.6 Å². The Morgan fingerprint density at radius 1 is 1.17 bits per heavy atom. The highest BCUT2D eigenvalue weighted by atomic mass is 19.4. The lowest BCUT2D eigenvalue weighted by Crippen LogP contribution is -2.53. The number of nitrogens with zero attached hydrogens (tertiary/aromatic N) is 4. The molecule has 2 aromatic rings. The Kier molecular flexibility index (Phi) is 6.52. The van der Waals surface area contributed by atoms with Gasteiger partial charge in [0.15, 0.2) is 0 Å². The lowest BCUT2D eigenvalue weighted by Gasteiger charge is -2.42. The zero-order valence-corrected chi connectivity index (χ0v) is 19.8. The zero-order valence-electron chi connectivity index (χ0n) is 19.8. The van der Waals surface area contributed by atoms with Gasteiger partial charge in [0.2, 0.25) is 0 Å². The van der Waals surface area contributed by atoms with Gasteiger partial charge in [-0.1, -0.05) is 6.07 Å². The summed E-state index contributed by atoms with van der Waals surface area (Å²) in [6.07, 6.45) is 0.993. The number of aliphatic hydroxyl groups is 1. The normalized spacial score (nSPS) is 23.6. The molecular formula is C25H31F3N4O3. The van der Waals surface area contributed by atoms with Gasteiger partial charge >= 0.3 is 6.36 Å². The number of rotatable bonds is 6. The van der Waals surface area contributed by atoms with Crippen LogP contribution in [-0.2, 0) is 0 Å². The van der Waals surface area contributed by atoms with Crippen molar-refractivity contribution in [2.75, 3.05) is 26.2 Å². The summed E-state index contributed by atoms with van der Waals surface area (Å²) in [4.78, 5) is 18.1. The van der Waals surface area contributed by atoms with Crippen molar-refractivity contribution >= 4 is 5.91 Å². The number of amides is 1. The van der Waals surface area contributed by atoms with E-state index in [1.807, 2.05) is 0 Å². The van der Waals surface area contributed by atoms with Crippen LogP contribution in [-0.4, -0.2) is 75.3 Å². The lowest BCUT2D eigenvalue weighted by atomic mass is 9.95. The summed E-state index contributed by atoms with van der Waals surface area (Å²) >= 11 is 0. The number of carbonyl (C=O) groups excluding carboxylic acids is 1. The number of aryl methyl sites for hydroxylation is 1. The van der Waals surface area contributed by atoms with Crippen LogP contribution in [0.2, 0.25) is 0 Å². The SMILES string of the molecule is Cc1nn(-c2cccc(OC(F)(F)F)c2)c(C2CC2)c1C(=O)N1CCC(N2CCCC2)CC1CO. The number of aromatic nitrogens is 2. The van der Waals surface area contributed by atoms with E-state index in [-0.39, 0.29) is 30.2 Å². The van der Waals surface area contributed by atoms with E-state index in [1.165, 1.54) is 31.0 Å². The number of carbonyl (C=O) groups is 1. The highest BCUT2D eigenvalue weighted by Gasteiger charge is 2.40. The molecule has 2 unspecified atom stereocenters. The smallest absolute Gasteiger partial charge is 0.406 e. The second-order valence-corrected chi connectivity index (χ2v) is 9.83. The maximum Gasteiger partial charge on any atom is 0.573 e. The first-order valence-electron chi connectivity index (χ1n) is 12.4. The van der Waals surface area contributed by atoms with Crippen molar-refractivity contribution in [1.29, 1.82) is 0 Å². The Labute approximate surface area is 202 Å². The summed E-state index contributed by atoms with van der Waals surface area (Å²) in [6.45, 7) is 4.38. The monoisotopic (exact) mass is 492 g/mol.